The van der Waals surface area contributed by atoms with Crippen molar-refractivity contribution in [1.29, 1.82) is 0 Å². The average molecular weight is 317 g/mol. The van der Waals surface area contributed by atoms with Gasteiger partial charge in [0.25, 0.3) is 5.60 Å². The van der Waals surface area contributed by atoms with Crippen LogP contribution in [0.5, 0.6) is 0 Å². The quantitative estimate of drug-likeness (QED) is 0.658. The Hall–Kier alpha value is -1.83. The second kappa shape index (κ2) is 6.51. The predicted molar refractivity (Wildman–Crippen MR) is 75.4 cm³/mol. The summed E-state index contributed by atoms with van der Waals surface area (Å²) in [4.78, 5) is 35.4. The molecular weight excluding hydrogens is 294 g/mol. The molecular formula is C14H23NO7. The van der Waals surface area contributed by atoms with Crippen LogP contribution in [0, 0.1) is 5.92 Å². The Morgan fingerprint density at radius 3 is 2.18 bits per heavy atom. The topological polar surface area (TPSA) is 124 Å². The molecule has 0 aromatic heterocycles. The number of carbonyl (C=O) groups excluding carboxylic acids is 1. The van der Waals surface area contributed by atoms with E-state index in [2.05, 4.69) is 0 Å². The van der Waals surface area contributed by atoms with E-state index in [4.69, 9.17) is 14.9 Å². The lowest BCUT2D eigenvalue weighted by atomic mass is 9.85. The van der Waals surface area contributed by atoms with Crippen LogP contribution in [0.2, 0.25) is 0 Å². The number of amides is 1. The molecule has 1 rings (SSSR count). The van der Waals surface area contributed by atoms with Gasteiger partial charge in [-0.05, 0) is 39.5 Å². The summed E-state index contributed by atoms with van der Waals surface area (Å²) in [7, 11) is 0. The van der Waals surface area contributed by atoms with Gasteiger partial charge in [-0.2, -0.15) is 0 Å². The van der Waals surface area contributed by atoms with Crippen LogP contribution in [0.25, 0.3) is 0 Å². The molecule has 1 unspecified atom stereocenters. The first kappa shape index (κ1) is 18.2. The van der Waals surface area contributed by atoms with Gasteiger partial charge in [-0.1, -0.05) is 0 Å². The minimum absolute atomic E-state index is 0.164. The fourth-order valence-electron chi connectivity index (χ4n) is 2.41. The number of carbonyl (C=O) groups is 3. The van der Waals surface area contributed by atoms with Crippen molar-refractivity contribution in [3.63, 3.8) is 0 Å². The number of ether oxygens (including phenoxy) is 1. The molecule has 1 aliphatic heterocycles. The number of carboxylic acid groups (broad SMARTS) is 2. The Morgan fingerprint density at radius 2 is 1.73 bits per heavy atom. The highest BCUT2D eigenvalue weighted by atomic mass is 16.6. The second-order valence-electron chi connectivity index (χ2n) is 6.61. The van der Waals surface area contributed by atoms with Gasteiger partial charge in [-0.3, -0.25) is 0 Å². The van der Waals surface area contributed by atoms with Gasteiger partial charge in [0.2, 0.25) is 0 Å². The zero-order valence-electron chi connectivity index (χ0n) is 13.0. The molecule has 8 heteroatoms. The molecule has 0 aromatic rings. The number of piperidine rings is 1. The largest absolute Gasteiger partial charge is 0.479 e. The molecule has 22 heavy (non-hydrogen) atoms. The van der Waals surface area contributed by atoms with Crippen molar-refractivity contribution in [2.24, 2.45) is 5.92 Å². The minimum Gasteiger partial charge on any atom is -0.479 e. The molecule has 0 aromatic carbocycles. The van der Waals surface area contributed by atoms with Gasteiger partial charge in [0, 0.05) is 19.5 Å². The van der Waals surface area contributed by atoms with Gasteiger partial charge < -0.3 is 25.0 Å². The van der Waals surface area contributed by atoms with Crippen LogP contribution in [0.1, 0.15) is 40.0 Å². The number of rotatable bonds is 4. The van der Waals surface area contributed by atoms with Crippen LogP contribution in [0.3, 0.4) is 0 Å². The molecule has 1 fully saturated rings. The number of nitrogens with zero attached hydrogens (tertiary/aromatic N) is 1. The van der Waals surface area contributed by atoms with Gasteiger partial charge in [-0.15, -0.1) is 0 Å². The third-order valence-electron chi connectivity index (χ3n) is 3.46. The number of aliphatic hydroxyl groups is 1. The fraction of sp³-hybridized carbons (Fsp3) is 0.786. The molecule has 0 aliphatic carbocycles. The normalized spacial score (nSPS) is 19.6. The van der Waals surface area contributed by atoms with E-state index >= 15 is 0 Å². The van der Waals surface area contributed by atoms with Gasteiger partial charge in [0.15, 0.2) is 0 Å². The summed E-state index contributed by atoms with van der Waals surface area (Å²) in [6.07, 6.45) is 0.171. The highest BCUT2D eigenvalue weighted by Gasteiger charge is 2.47. The number of carboxylic acids is 2. The molecule has 3 N–H and O–H groups in total. The van der Waals surface area contributed by atoms with Gasteiger partial charge in [-0.25, -0.2) is 14.4 Å². The maximum absolute atomic E-state index is 12.0. The van der Waals surface area contributed by atoms with Crippen LogP contribution in [0.15, 0.2) is 0 Å². The Bertz CT molecular complexity index is 441. The zero-order valence-corrected chi connectivity index (χ0v) is 13.0. The minimum atomic E-state index is -2.83. The molecule has 0 radical (unpaired) electrons. The summed E-state index contributed by atoms with van der Waals surface area (Å²) in [5.74, 6) is -4.01. The van der Waals surface area contributed by atoms with Crippen LogP contribution in [0.4, 0.5) is 4.79 Å². The van der Waals surface area contributed by atoms with E-state index in [0.29, 0.717) is 19.4 Å². The second-order valence-corrected chi connectivity index (χ2v) is 6.61. The summed E-state index contributed by atoms with van der Waals surface area (Å²) >= 11 is 0. The molecule has 1 amide bonds. The van der Waals surface area contributed by atoms with Crippen LogP contribution < -0.4 is 0 Å². The van der Waals surface area contributed by atoms with Crippen molar-refractivity contribution in [2.75, 3.05) is 13.1 Å². The maximum Gasteiger partial charge on any atom is 0.410 e. The Labute approximate surface area is 128 Å². The van der Waals surface area contributed by atoms with Crippen LogP contribution in [-0.4, -0.2) is 62.5 Å². The molecule has 1 aliphatic rings. The molecule has 0 bridgehead atoms. The molecule has 1 atom stereocenters. The summed E-state index contributed by atoms with van der Waals surface area (Å²) in [5.41, 5.74) is -3.48. The SMILES string of the molecule is CC(C)(C)OC(=O)N1CCCC(CC(O)(C(=O)O)C(=O)O)C1. The van der Waals surface area contributed by atoms with Crippen molar-refractivity contribution < 1.29 is 34.4 Å². The lowest BCUT2D eigenvalue weighted by Crippen LogP contribution is -2.51. The highest BCUT2D eigenvalue weighted by molar-refractivity contribution is 6.01. The summed E-state index contributed by atoms with van der Waals surface area (Å²) < 4.78 is 5.24. The first-order valence-corrected chi connectivity index (χ1v) is 7.13. The lowest BCUT2D eigenvalue weighted by molar-refractivity contribution is -0.178. The lowest BCUT2D eigenvalue weighted by Gasteiger charge is -2.35. The monoisotopic (exact) mass is 317 g/mol. The molecule has 1 saturated heterocycles. The zero-order chi connectivity index (χ0) is 17.1. The molecule has 8 nitrogen and oxygen atoms in total. The van der Waals surface area contributed by atoms with Crippen molar-refractivity contribution in [1.82, 2.24) is 4.90 Å². The average Bonchev–Trinajstić information content (AvgIpc) is 2.36. The van der Waals surface area contributed by atoms with Gasteiger partial charge >= 0.3 is 18.0 Å². The number of hydrogen-bond donors (Lipinski definition) is 3. The smallest absolute Gasteiger partial charge is 0.410 e. The summed E-state index contributed by atoms with van der Waals surface area (Å²) in [5, 5.41) is 27.6. The number of aliphatic carboxylic acids is 2. The van der Waals surface area contributed by atoms with Crippen molar-refractivity contribution >= 4 is 18.0 Å². The summed E-state index contributed by atoms with van der Waals surface area (Å²) in [6.45, 7) is 5.83. The third-order valence-corrected chi connectivity index (χ3v) is 3.46. The van der Waals surface area contributed by atoms with Gasteiger partial charge in [0.1, 0.15) is 5.60 Å². The standard InChI is InChI=1S/C14H23NO7/c1-13(2,3)22-12(20)15-6-4-5-9(8-15)7-14(21,10(16)17)11(18)19/h9,21H,4-8H2,1-3H3,(H,16,17)(H,18,19). The molecule has 1 heterocycles. The Balaban J connectivity index is 2.73. The van der Waals surface area contributed by atoms with E-state index in [1.54, 1.807) is 20.8 Å². The fourth-order valence-corrected chi connectivity index (χ4v) is 2.41. The maximum atomic E-state index is 12.0. The summed E-state index contributed by atoms with van der Waals surface area (Å²) in [6, 6.07) is 0. The predicted octanol–water partition coefficient (Wildman–Crippen LogP) is 0.924. The number of hydrogen-bond acceptors (Lipinski definition) is 5. The van der Waals surface area contributed by atoms with E-state index in [0.717, 1.165) is 0 Å². The third kappa shape index (κ3) is 4.59. The van der Waals surface area contributed by atoms with Crippen molar-refractivity contribution in [2.45, 2.75) is 51.2 Å². The molecule has 0 spiro atoms. The first-order chi connectivity index (χ1) is 9.95. The molecule has 126 valence electrons. The van der Waals surface area contributed by atoms with Crippen molar-refractivity contribution in [3.05, 3.63) is 0 Å². The highest BCUT2D eigenvalue weighted by Crippen LogP contribution is 2.27. The Kier molecular flexibility index (Phi) is 5.39. The van der Waals surface area contributed by atoms with E-state index in [9.17, 15) is 19.5 Å². The van der Waals surface area contributed by atoms with Crippen molar-refractivity contribution in [3.8, 4) is 0 Å². The van der Waals surface area contributed by atoms with E-state index in [1.165, 1.54) is 4.90 Å². The van der Waals surface area contributed by atoms with Gasteiger partial charge in [0.05, 0.1) is 0 Å². The van der Waals surface area contributed by atoms with E-state index in [1.807, 2.05) is 0 Å². The van der Waals surface area contributed by atoms with E-state index < -0.39 is 41.6 Å². The van der Waals surface area contributed by atoms with Crippen LogP contribution in [-0.2, 0) is 14.3 Å². The first-order valence-electron chi connectivity index (χ1n) is 7.13. The Morgan fingerprint density at radius 1 is 1.18 bits per heavy atom. The van der Waals surface area contributed by atoms with E-state index in [-0.39, 0.29) is 6.54 Å². The molecule has 0 saturated carbocycles. The number of likely N-dealkylation sites (tertiary alicyclic amines) is 1. The van der Waals surface area contributed by atoms with Crippen LogP contribution >= 0.6 is 0 Å².